The van der Waals surface area contributed by atoms with Crippen molar-refractivity contribution in [2.75, 3.05) is 40.3 Å². The quantitative estimate of drug-likeness (QED) is 0.826. The summed E-state index contributed by atoms with van der Waals surface area (Å²) in [7, 11) is 3.67. The Labute approximate surface area is 141 Å². The molecule has 7 heteroatoms. The number of benzene rings is 1. The van der Waals surface area contributed by atoms with Crippen molar-refractivity contribution in [3.63, 3.8) is 0 Å². The largest absolute Gasteiger partial charge is 0.496 e. The van der Waals surface area contributed by atoms with Gasteiger partial charge in [0.15, 0.2) is 0 Å². The summed E-state index contributed by atoms with van der Waals surface area (Å²) < 4.78 is 11.0. The van der Waals surface area contributed by atoms with Gasteiger partial charge in [-0.15, -0.1) is 10.2 Å². The first-order valence-electron chi connectivity index (χ1n) is 8.09. The van der Waals surface area contributed by atoms with E-state index in [-0.39, 0.29) is 5.91 Å². The van der Waals surface area contributed by atoms with Crippen LogP contribution in [0.2, 0.25) is 0 Å². The molecule has 1 saturated heterocycles. The van der Waals surface area contributed by atoms with Gasteiger partial charge in [0.25, 0.3) is 5.89 Å². The van der Waals surface area contributed by atoms with Crippen LogP contribution in [0.1, 0.15) is 12.3 Å². The Hall–Kier alpha value is -2.41. The average molecular weight is 330 g/mol. The SMILES string of the molecule is COc1ccccc1-c1nnc(CCC(=O)N2CCN(C)CC2)o1. The highest BCUT2D eigenvalue weighted by Crippen LogP contribution is 2.28. The maximum atomic E-state index is 12.3. The van der Waals surface area contributed by atoms with Crippen molar-refractivity contribution in [1.82, 2.24) is 20.0 Å². The number of carbonyl (C=O) groups excluding carboxylic acids is 1. The second-order valence-corrected chi connectivity index (χ2v) is 5.89. The van der Waals surface area contributed by atoms with E-state index in [4.69, 9.17) is 9.15 Å². The van der Waals surface area contributed by atoms with E-state index in [2.05, 4.69) is 22.1 Å². The Balaban J connectivity index is 1.59. The molecule has 1 aliphatic heterocycles. The standard InChI is InChI=1S/C17H22N4O3/c1-20-9-11-21(12-10-20)16(22)8-7-15-18-19-17(24-15)13-5-3-4-6-14(13)23-2/h3-6H,7-12H2,1-2H3. The Kier molecular flexibility index (Phi) is 5.10. The van der Waals surface area contributed by atoms with Crippen molar-refractivity contribution >= 4 is 5.91 Å². The van der Waals surface area contributed by atoms with E-state index in [1.54, 1.807) is 7.11 Å². The normalized spacial score (nSPS) is 15.5. The lowest BCUT2D eigenvalue weighted by Gasteiger charge is -2.32. The molecule has 0 bridgehead atoms. The fourth-order valence-electron chi connectivity index (χ4n) is 2.71. The number of amides is 1. The van der Waals surface area contributed by atoms with E-state index in [0.717, 1.165) is 31.7 Å². The van der Waals surface area contributed by atoms with Crippen LogP contribution in [0, 0.1) is 0 Å². The first-order valence-corrected chi connectivity index (χ1v) is 8.09. The third-order valence-electron chi connectivity index (χ3n) is 4.21. The van der Waals surface area contributed by atoms with Crippen LogP contribution in [0.4, 0.5) is 0 Å². The summed E-state index contributed by atoms with van der Waals surface area (Å²) >= 11 is 0. The maximum absolute atomic E-state index is 12.3. The minimum Gasteiger partial charge on any atom is -0.496 e. The molecule has 1 amide bonds. The van der Waals surface area contributed by atoms with Crippen LogP contribution in [-0.2, 0) is 11.2 Å². The van der Waals surface area contributed by atoms with Gasteiger partial charge >= 0.3 is 0 Å². The molecule has 0 saturated carbocycles. The van der Waals surface area contributed by atoms with E-state index >= 15 is 0 Å². The molecule has 1 aromatic heterocycles. The van der Waals surface area contributed by atoms with Gasteiger partial charge in [0.05, 0.1) is 12.7 Å². The fourth-order valence-corrected chi connectivity index (χ4v) is 2.71. The Bertz CT molecular complexity index is 693. The Morgan fingerprint density at radius 1 is 1.21 bits per heavy atom. The van der Waals surface area contributed by atoms with E-state index in [9.17, 15) is 4.79 Å². The number of hydrogen-bond donors (Lipinski definition) is 0. The molecular weight excluding hydrogens is 308 g/mol. The molecule has 0 N–H and O–H groups in total. The maximum Gasteiger partial charge on any atom is 0.251 e. The van der Waals surface area contributed by atoms with Crippen molar-refractivity contribution in [2.24, 2.45) is 0 Å². The van der Waals surface area contributed by atoms with Crippen molar-refractivity contribution < 1.29 is 13.9 Å². The molecule has 0 aliphatic carbocycles. The van der Waals surface area contributed by atoms with Crippen LogP contribution in [0.25, 0.3) is 11.5 Å². The minimum absolute atomic E-state index is 0.139. The van der Waals surface area contributed by atoms with E-state index in [0.29, 0.717) is 30.4 Å². The molecule has 1 fully saturated rings. The Morgan fingerprint density at radius 3 is 2.71 bits per heavy atom. The van der Waals surface area contributed by atoms with Gasteiger partial charge in [-0.3, -0.25) is 4.79 Å². The first kappa shape index (κ1) is 16.4. The van der Waals surface area contributed by atoms with Gasteiger partial charge in [0, 0.05) is 39.0 Å². The molecule has 0 spiro atoms. The monoisotopic (exact) mass is 330 g/mol. The molecule has 0 atom stereocenters. The van der Waals surface area contributed by atoms with Crippen LogP contribution in [0.5, 0.6) is 5.75 Å². The highest BCUT2D eigenvalue weighted by Gasteiger charge is 2.20. The number of methoxy groups -OCH3 is 1. The zero-order chi connectivity index (χ0) is 16.9. The van der Waals surface area contributed by atoms with Gasteiger partial charge in [0.2, 0.25) is 11.8 Å². The molecule has 1 aliphatic rings. The number of piperazine rings is 1. The summed E-state index contributed by atoms with van der Waals surface area (Å²) in [5, 5.41) is 8.11. The third-order valence-corrected chi connectivity index (χ3v) is 4.21. The third kappa shape index (κ3) is 3.73. The number of para-hydroxylation sites is 1. The number of rotatable bonds is 5. The molecule has 2 aromatic rings. The number of carbonyl (C=O) groups is 1. The summed E-state index contributed by atoms with van der Waals surface area (Å²) in [5.74, 6) is 1.70. The summed E-state index contributed by atoms with van der Waals surface area (Å²) in [6.07, 6.45) is 0.838. The topological polar surface area (TPSA) is 71.7 Å². The highest BCUT2D eigenvalue weighted by molar-refractivity contribution is 5.76. The molecular formula is C17H22N4O3. The van der Waals surface area contributed by atoms with E-state index < -0.39 is 0 Å². The van der Waals surface area contributed by atoms with Crippen LogP contribution in [-0.4, -0.2) is 66.2 Å². The molecule has 2 heterocycles. The van der Waals surface area contributed by atoms with Gasteiger partial charge in [-0.1, -0.05) is 12.1 Å². The van der Waals surface area contributed by atoms with Crippen LogP contribution in [0.15, 0.2) is 28.7 Å². The number of aromatic nitrogens is 2. The molecule has 24 heavy (non-hydrogen) atoms. The lowest BCUT2D eigenvalue weighted by atomic mass is 10.2. The van der Waals surface area contributed by atoms with Crippen molar-refractivity contribution in [3.05, 3.63) is 30.2 Å². The smallest absolute Gasteiger partial charge is 0.251 e. The molecule has 0 unspecified atom stereocenters. The summed E-state index contributed by atoms with van der Waals surface area (Å²) in [6, 6.07) is 7.48. The predicted octanol–water partition coefficient (Wildman–Crippen LogP) is 1.45. The molecule has 0 radical (unpaired) electrons. The van der Waals surface area contributed by atoms with Crippen molar-refractivity contribution in [3.8, 4) is 17.2 Å². The van der Waals surface area contributed by atoms with Gasteiger partial charge in [-0.05, 0) is 19.2 Å². The molecule has 3 rings (SSSR count). The number of aryl methyl sites for hydroxylation is 1. The van der Waals surface area contributed by atoms with Crippen LogP contribution >= 0.6 is 0 Å². The molecule has 1 aromatic carbocycles. The average Bonchev–Trinajstić information content (AvgIpc) is 3.09. The summed E-state index contributed by atoms with van der Waals surface area (Å²) in [5.41, 5.74) is 0.754. The van der Waals surface area contributed by atoms with Crippen LogP contribution < -0.4 is 4.74 Å². The van der Waals surface area contributed by atoms with E-state index in [1.165, 1.54) is 0 Å². The number of nitrogens with zero attached hydrogens (tertiary/aromatic N) is 4. The first-order chi connectivity index (χ1) is 11.7. The zero-order valence-electron chi connectivity index (χ0n) is 14.1. The molecule has 7 nitrogen and oxygen atoms in total. The van der Waals surface area contributed by atoms with Gasteiger partial charge in [-0.25, -0.2) is 0 Å². The molecule has 128 valence electrons. The summed E-state index contributed by atoms with van der Waals surface area (Å²) in [4.78, 5) is 16.4. The minimum atomic E-state index is 0.139. The lowest BCUT2D eigenvalue weighted by Crippen LogP contribution is -2.47. The Morgan fingerprint density at radius 2 is 1.96 bits per heavy atom. The second kappa shape index (κ2) is 7.44. The lowest BCUT2D eigenvalue weighted by molar-refractivity contribution is -0.132. The highest BCUT2D eigenvalue weighted by atomic mass is 16.5. The van der Waals surface area contributed by atoms with Gasteiger partial charge in [0.1, 0.15) is 5.75 Å². The van der Waals surface area contributed by atoms with E-state index in [1.807, 2.05) is 29.2 Å². The van der Waals surface area contributed by atoms with Crippen LogP contribution in [0.3, 0.4) is 0 Å². The fraction of sp³-hybridized carbons (Fsp3) is 0.471. The zero-order valence-corrected chi connectivity index (χ0v) is 14.1. The number of likely N-dealkylation sites (N-methyl/N-ethyl adjacent to an activating group) is 1. The number of ether oxygens (including phenoxy) is 1. The second-order valence-electron chi connectivity index (χ2n) is 5.89. The van der Waals surface area contributed by atoms with Gasteiger partial charge < -0.3 is 19.0 Å². The van der Waals surface area contributed by atoms with Crippen molar-refractivity contribution in [1.29, 1.82) is 0 Å². The predicted molar refractivity (Wildman–Crippen MR) is 88.7 cm³/mol. The van der Waals surface area contributed by atoms with Crippen molar-refractivity contribution in [2.45, 2.75) is 12.8 Å². The number of hydrogen-bond acceptors (Lipinski definition) is 6. The summed E-state index contributed by atoms with van der Waals surface area (Å²) in [6.45, 7) is 3.41. The van der Waals surface area contributed by atoms with Gasteiger partial charge in [-0.2, -0.15) is 0 Å².